The van der Waals surface area contributed by atoms with Gasteiger partial charge >= 0.3 is 0 Å². The SMILES string of the molecule is COc1ccc(Cl)cc1-c1cc(-c2ccccc2)on1. The lowest BCUT2D eigenvalue weighted by molar-refractivity contribution is 0.413. The molecule has 0 N–H and O–H groups in total. The van der Waals surface area contributed by atoms with Gasteiger partial charge in [0, 0.05) is 22.2 Å². The van der Waals surface area contributed by atoms with Gasteiger partial charge in [-0.05, 0) is 18.2 Å². The summed E-state index contributed by atoms with van der Waals surface area (Å²) in [5, 5.41) is 4.73. The van der Waals surface area contributed by atoms with Crippen LogP contribution in [0.4, 0.5) is 0 Å². The largest absolute Gasteiger partial charge is 0.496 e. The zero-order valence-electron chi connectivity index (χ0n) is 10.8. The smallest absolute Gasteiger partial charge is 0.167 e. The molecule has 0 atom stereocenters. The Balaban J connectivity index is 2.04. The van der Waals surface area contributed by atoms with Crippen molar-refractivity contribution in [2.75, 3.05) is 7.11 Å². The van der Waals surface area contributed by atoms with Gasteiger partial charge in [-0.15, -0.1) is 0 Å². The van der Waals surface area contributed by atoms with Gasteiger partial charge in [0.2, 0.25) is 0 Å². The number of aromatic nitrogens is 1. The van der Waals surface area contributed by atoms with Crippen LogP contribution in [0.1, 0.15) is 0 Å². The van der Waals surface area contributed by atoms with Crippen molar-refractivity contribution in [3.05, 3.63) is 59.6 Å². The molecule has 0 radical (unpaired) electrons. The first-order chi connectivity index (χ1) is 9.78. The van der Waals surface area contributed by atoms with Crippen LogP contribution in [0.2, 0.25) is 5.02 Å². The lowest BCUT2D eigenvalue weighted by atomic mass is 10.1. The molecule has 100 valence electrons. The molecule has 0 aliphatic heterocycles. The molecule has 3 aromatic rings. The van der Waals surface area contributed by atoms with Crippen molar-refractivity contribution in [1.82, 2.24) is 5.16 Å². The molecule has 0 aliphatic carbocycles. The summed E-state index contributed by atoms with van der Waals surface area (Å²) in [7, 11) is 1.62. The van der Waals surface area contributed by atoms with Gasteiger partial charge in [0.15, 0.2) is 5.76 Å². The maximum absolute atomic E-state index is 6.03. The van der Waals surface area contributed by atoms with E-state index < -0.39 is 0 Å². The predicted molar refractivity (Wildman–Crippen MR) is 78.9 cm³/mol. The molecular weight excluding hydrogens is 274 g/mol. The molecule has 1 aromatic heterocycles. The summed E-state index contributed by atoms with van der Waals surface area (Å²) < 4.78 is 10.7. The minimum Gasteiger partial charge on any atom is -0.496 e. The van der Waals surface area contributed by atoms with Crippen LogP contribution in [0.15, 0.2) is 59.1 Å². The van der Waals surface area contributed by atoms with E-state index in [1.165, 1.54) is 0 Å². The second kappa shape index (κ2) is 5.39. The molecule has 0 fully saturated rings. The Morgan fingerprint density at radius 2 is 1.85 bits per heavy atom. The van der Waals surface area contributed by atoms with Crippen LogP contribution < -0.4 is 4.74 Å². The second-order valence-electron chi connectivity index (χ2n) is 4.29. The highest BCUT2D eigenvalue weighted by Gasteiger charge is 2.13. The van der Waals surface area contributed by atoms with Crippen molar-refractivity contribution in [3.8, 4) is 28.3 Å². The summed E-state index contributed by atoms with van der Waals surface area (Å²) in [6.45, 7) is 0. The number of rotatable bonds is 3. The van der Waals surface area contributed by atoms with E-state index in [2.05, 4.69) is 5.16 Å². The zero-order chi connectivity index (χ0) is 13.9. The van der Waals surface area contributed by atoms with Crippen molar-refractivity contribution in [3.63, 3.8) is 0 Å². The third-order valence-electron chi connectivity index (χ3n) is 3.01. The number of benzene rings is 2. The van der Waals surface area contributed by atoms with Gasteiger partial charge < -0.3 is 9.26 Å². The molecule has 0 saturated heterocycles. The molecular formula is C16H12ClNO2. The van der Waals surface area contributed by atoms with Crippen molar-refractivity contribution < 1.29 is 9.26 Å². The summed E-state index contributed by atoms with van der Waals surface area (Å²) in [4.78, 5) is 0. The Morgan fingerprint density at radius 3 is 2.60 bits per heavy atom. The highest BCUT2D eigenvalue weighted by Crippen LogP contribution is 2.33. The molecule has 0 saturated carbocycles. The van der Waals surface area contributed by atoms with E-state index in [0.717, 1.165) is 11.1 Å². The molecule has 1 heterocycles. The summed E-state index contributed by atoms with van der Waals surface area (Å²) in [6.07, 6.45) is 0. The van der Waals surface area contributed by atoms with Gasteiger partial charge in [-0.2, -0.15) is 0 Å². The Kier molecular flexibility index (Phi) is 3.44. The normalized spacial score (nSPS) is 10.5. The van der Waals surface area contributed by atoms with Crippen LogP contribution in [0.25, 0.3) is 22.6 Å². The Labute approximate surface area is 121 Å². The summed E-state index contributed by atoms with van der Waals surface area (Å²) in [5.74, 6) is 1.42. The fraction of sp³-hybridized carbons (Fsp3) is 0.0625. The van der Waals surface area contributed by atoms with Crippen molar-refractivity contribution >= 4 is 11.6 Å². The second-order valence-corrected chi connectivity index (χ2v) is 4.72. The molecule has 0 aliphatic rings. The average molecular weight is 286 g/mol. The van der Waals surface area contributed by atoms with E-state index in [9.17, 15) is 0 Å². The zero-order valence-corrected chi connectivity index (χ0v) is 11.6. The van der Waals surface area contributed by atoms with Gasteiger partial charge in [-0.3, -0.25) is 0 Å². The van der Waals surface area contributed by atoms with Crippen molar-refractivity contribution in [1.29, 1.82) is 0 Å². The number of hydrogen-bond acceptors (Lipinski definition) is 3. The maximum Gasteiger partial charge on any atom is 0.167 e. The predicted octanol–water partition coefficient (Wildman–Crippen LogP) is 4.67. The van der Waals surface area contributed by atoms with Gasteiger partial charge in [0.05, 0.1) is 7.11 Å². The van der Waals surface area contributed by atoms with Crippen LogP contribution >= 0.6 is 11.6 Å². The summed E-state index contributed by atoms with van der Waals surface area (Å²) in [6, 6.07) is 17.1. The fourth-order valence-electron chi connectivity index (χ4n) is 2.02. The molecule has 20 heavy (non-hydrogen) atoms. The molecule has 2 aromatic carbocycles. The van der Waals surface area contributed by atoms with Crippen LogP contribution in [0.3, 0.4) is 0 Å². The third kappa shape index (κ3) is 2.40. The molecule has 0 unspecified atom stereocenters. The molecule has 0 bridgehead atoms. The topological polar surface area (TPSA) is 35.3 Å². The van der Waals surface area contributed by atoms with Gasteiger partial charge in [0.1, 0.15) is 11.4 Å². The van der Waals surface area contributed by atoms with E-state index in [-0.39, 0.29) is 0 Å². The van der Waals surface area contributed by atoms with E-state index >= 15 is 0 Å². The number of halogens is 1. The average Bonchev–Trinajstić information content (AvgIpc) is 2.98. The molecule has 3 nitrogen and oxygen atoms in total. The van der Waals surface area contributed by atoms with Gasteiger partial charge in [-0.25, -0.2) is 0 Å². The standard InChI is InChI=1S/C16H12ClNO2/c1-19-15-8-7-12(17)9-13(15)14-10-16(20-18-14)11-5-3-2-4-6-11/h2-10H,1H3. The van der Waals surface area contributed by atoms with Gasteiger partial charge in [0.25, 0.3) is 0 Å². The minimum absolute atomic E-state index is 0.630. The lowest BCUT2D eigenvalue weighted by Gasteiger charge is -2.05. The van der Waals surface area contributed by atoms with E-state index in [4.69, 9.17) is 20.9 Å². The summed E-state index contributed by atoms with van der Waals surface area (Å²) in [5.41, 5.74) is 2.49. The van der Waals surface area contributed by atoms with E-state index in [0.29, 0.717) is 22.2 Å². The number of ether oxygens (including phenoxy) is 1. The van der Waals surface area contributed by atoms with E-state index in [1.54, 1.807) is 13.2 Å². The highest BCUT2D eigenvalue weighted by molar-refractivity contribution is 6.30. The quantitative estimate of drug-likeness (QED) is 0.701. The minimum atomic E-state index is 0.630. The van der Waals surface area contributed by atoms with Crippen molar-refractivity contribution in [2.24, 2.45) is 0 Å². The first-order valence-electron chi connectivity index (χ1n) is 6.14. The summed E-state index contributed by atoms with van der Waals surface area (Å²) >= 11 is 6.03. The molecule has 3 rings (SSSR count). The number of methoxy groups -OCH3 is 1. The highest BCUT2D eigenvalue weighted by atomic mass is 35.5. The Hall–Kier alpha value is -2.26. The van der Waals surface area contributed by atoms with Gasteiger partial charge in [-0.1, -0.05) is 47.1 Å². The molecule has 0 amide bonds. The first kappa shape index (κ1) is 12.8. The van der Waals surface area contributed by atoms with Crippen LogP contribution in [-0.4, -0.2) is 12.3 Å². The number of nitrogens with zero attached hydrogens (tertiary/aromatic N) is 1. The number of hydrogen-bond donors (Lipinski definition) is 0. The Bertz CT molecular complexity index is 722. The lowest BCUT2D eigenvalue weighted by Crippen LogP contribution is -1.87. The monoisotopic (exact) mass is 285 g/mol. The van der Waals surface area contributed by atoms with E-state index in [1.807, 2.05) is 48.5 Å². The van der Waals surface area contributed by atoms with Crippen LogP contribution in [0, 0.1) is 0 Å². The first-order valence-corrected chi connectivity index (χ1v) is 6.52. The molecule has 0 spiro atoms. The van der Waals surface area contributed by atoms with Crippen molar-refractivity contribution in [2.45, 2.75) is 0 Å². The Morgan fingerprint density at radius 1 is 1.05 bits per heavy atom. The maximum atomic E-state index is 6.03. The molecule has 4 heteroatoms. The van der Waals surface area contributed by atoms with Crippen LogP contribution in [-0.2, 0) is 0 Å². The van der Waals surface area contributed by atoms with Crippen LogP contribution in [0.5, 0.6) is 5.75 Å². The fourth-order valence-corrected chi connectivity index (χ4v) is 2.19. The third-order valence-corrected chi connectivity index (χ3v) is 3.24.